The van der Waals surface area contributed by atoms with Gasteiger partial charge in [-0.05, 0) is 38.8 Å². The zero-order valence-corrected chi connectivity index (χ0v) is 18.0. The van der Waals surface area contributed by atoms with Crippen molar-refractivity contribution >= 4 is 29.5 Å². The van der Waals surface area contributed by atoms with E-state index in [1.54, 1.807) is 46.8 Å². The van der Waals surface area contributed by atoms with Crippen LogP contribution in [-0.4, -0.2) is 41.8 Å². The van der Waals surface area contributed by atoms with E-state index in [0.29, 0.717) is 5.69 Å². The number of ether oxygens (including phenoxy) is 2. The Morgan fingerprint density at radius 1 is 1.10 bits per heavy atom. The van der Waals surface area contributed by atoms with Gasteiger partial charge in [0.25, 0.3) is 0 Å². The van der Waals surface area contributed by atoms with Crippen molar-refractivity contribution in [3.63, 3.8) is 0 Å². The second kappa shape index (κ2) is 9.28. The third-order valence-corrected chi connectivity index (χ3v) is 5.04. The van der Waals surface area contributed by atoms with Gasteiger partial charge in [-0.25, -0.2) is 4.79 Å². The minimum Gasteiger partial charge on any atom is -0.481 e. The van der Waals surface area contributed by atoms with Crippen molar-refractivity contribution in [3.8, 4) is 0 Å². The number of rotatable bonds is 7. The first-order valence-electron chi connectivity index (χ1n) is 9.91. The lowest BCUT2D eigenvalue weighted by molar-refractivity contribution is -0.174. The molecular formula is C22H29NO7. The molecule has 1 amide bonds. The van der Waals surface area contributed by atoms with Crippen LogP contribution in [0.4, 0.5) is 5.69 Å². The van der Waals surface area contributed by atoms with Gasteiger partial charge in [0.15, 0.2) is 0 Å². The van der Waals surface area contributed by atoms with Crippen molar-refractivity contribution in [3.05, 3.63) is 29.8 Å². The van der Waals surface area contributed by atoms with Gasteiger partial charge in [-0.15, -0.1) is 0 Å². The second-order valence-corrected chi connectivity index (χ2v) is 8.70. The molecule has 1 aliphatic rings. The number of benzene rings is 1. The molecular weight excluding hydrogens is 390 g/mol. The Hall–Kier alpha value is -2.90. The molecule has 0 radical (unpaired) electrons. The predicted octanol–water partition coefficient (Wildman–Crippen LogP) is 2.78. The first kappa shape index (κ1) is 23.4. The summed E-state index contributed by atoms with van der Waals surface area (Å²) in [6, 6.07) is 6.25. The van der Waals surface area contributed by atoms with Crippen molar-refractivity contribution in [2.45, 2.75) is 53.5 Å². The average molecular weight is 419 g/mol. The standard InChI is InChI=1S/C22H29NO7/c1-13(10-14(2)19(25)26)18(24)23-16-9-7-6-8-15(16)11-17(23)20(27)29-12-30-21(28)22(3,4)5/h6-9,13-14,17H,10-12H2,1-5H3,(H,25,26)/t13-,14-,17+/m1/s1. The molecule has 8 nitrogen and oxygen atoms in total. The molecule has 0 spiro atoms. The Morgan fingerprint density at radius 3 is 2.33 bits per heavy atom. The summed E-state index contributed by atoms with van der Waals surface area (Å²) in [5.41, 5.74) is 0.692. The minimum atomic E-state index is -0.979. The predicted molar refractivity (Wildman–Crippen MR) is 109 cm³/mol. The van der Waals surface area contributed by atoms with Gasteiger partial charge in [0.05, 0.1) is 11.3 Å². The van der Waals surface area contributed by atoms with Gasteiger partial charge in [0, 0.05) is 18.0 Å². The number of carbonyl (C=O) groups excluding carboxylic acids is 3. The number of amides is 1. The summed E-state index contributed by atoms with van der Waals surface area (Å²) in [5.74, 6) is -3.80. The summed E-state index contributed by atoms with van der Waals surface area (Å²) in [4.78, 5) is 50.2. The van der Waals surface area contributed by atoms with Crippen LogP contribution in [0.3, 0.4) is 0 Å². The number of hydrogen-bond donors (Lipinski definition) is 1. The van der Waals surface area contributed by atoms with Gasteiger partial charge in [-0.2, -0.15) is 0 Å². The van der Waals surface area contributed by atoms with Crippen LogP contribution in [-0.2, 0) is 35.1 Å². The highest BCUT2D eigenvalue weighted by Gasteiger charge is 2.41. The normalized spacial score (nSPS) is 17.6. The molecule has 1 aromatic carbocycles. The number of carboxylic acids is 1. The number of para-hydroxylation sites is 1. The van der Waals surface area contributed by atoms with Gasteiger partial charge in [-0.3, -0.25) is 19.3 Å². The summed E-state index contributed by atoms with van der Waals surface area (Å²) in [6.45, 7) is 7.71. The highest BCUT2D eigenvalue weighted by molar-refractivity contribution is 6.03. The zero-order chi connectivity index (χ0) is 22.6. The molecule has 0 bridgehead atoms. The van der Waals surface area contributed by atoms with E-state index in [1.807, 2.05) is 12.1 Å². The van der Waals surface area contributed by atoms with Crippen LogP contribution in [0.2, 0.25) is 0 Å². The number of esters is 2. The van der Waals surface area contributed by atoms with E-state index in [0.717, 1.165) is 5.56 Å². The van der Waals surface area contributed by atoms with Crippen molar-refractivity contribution in [1.29, 1.82) is 0 Å². The molecule has 1 N–H and O–H groups in total. The van der Waals surface area contributed by atoms with E-state index >= 15 is 0 Å². The molecule has 1 aromatic rings. The van der Waals surface area contributed by atoms with Crippen LogP contribution in [0.15, 0.2) is 24.3 Å². The highest BCUT2D eigenvalue weighted by Crippen LogP contribution is 2.34. The fourth-order valence-corrected chi connectivity index (χ4v) is 3.27. The quantitative estimate of drug-likeness (QED) is 0.534. The van der Waals surface area contributed by atoms with Gasteiger partial charge in [0.1, 0.15) is 6.04 Å². The first-order valence-corrected chi connectivity index (χ1v) is 9.91. The molecule has 0 fully saturated rings. The fourth-order valence-electron chi connectivity index (χ4n) is 3.27. The van der Waals surface area contributed by atoms with Crippen molar-refractivity contribution < 1.29 is 33.8 Å². The summed E-state index contributed by atoms with van der Waals surface area (Å²) in [7, 11) is 0. The van der Waals surface area contributed by atoms with Gasteiger partial charge < -0.3 is 14.6 Å². The molecule has 1 aliphatic heterocycles. The van der Waals surface area contributed by atoms with Crippen LogP contribution in [0.25, 0.3) is 0 Å². The Balaban J connectivity index is 2.14. The summed E-state index contributed by atoms with van der Waals surface area (Å²) < 4.78 is 10.1. The lowest BCUT2D eigenvalue weighted by Crippen LogP contribution is -2.46. The van der Waals surface area contributed by atoms with E-state index in [9.17, 15) is 19.2 Å². The van der Waals surface area contributed by atoms with Crippen LogP contribution in [0.1, 0.15) is 46.6 Å². The third-order valence-electron chi connectivity index (χ3n) is 5.04. The lowest BCUT2D eigenvalue weighted by atomic mass is 9.96. The molecule has 0 aromatic heterocycles. The molecule has 0 unspecified atom stereocenters. The number of carboxylic acid groups (broad SMARTS) is 1. The smallest absolute Gasteiger partial charge is 0.332 e. The summed E-state index contributed by atoms with van der Waals surface area (Å²) >= 11 is 0. The molecule has 1 heterocycles. The average Bonchev–Trinajstić information content (AvgIpc) is 3.05. The maximum atomic E-state index is 13.1. The van der Waals surface area contributed by atoms with E-state index in [1.165, 1.54) is 4.90 Å². The summed E-state index contributed by atoms with van der Waals surface area (Å²) in [5, 5.41) is 9.13. The Labute approximate surface area is 176 Å². The highest BCUT2D eigenvalue weighted by atomic mass is 16.7. The Bertz CT molecular complexity index is 827. The number of hydrogen-bond acceptors (Lipinski definition) is 6. The van der Waals surface area contributed by atoms with Crippen LogP contribution in [0.5, 0.6) is 0 Å². The summed E-state index contributed by atoms with van der Waals surface area (Å²) in [6.07, 6.45) is 0.424. The van der Waals surface area contributed by atoms with Gasteiger partial charge in [0.2, 0.25) is 12.7 Å². The zero-order valence-electron chi connectivity index (χ0n) is 18.0. The lowest BCUT2D eigenvalue weighted by Gasteiger charge is -2.27. The second-order valence-electron chi connectivity index (χ2n) is 8.70. The van der Waals surface area contributed by atoms with Crippen molar-refractivity contribution in [2.75, 3.05) is 11.7 Å². The first-order chi connectivity index (χ1) is 13.9. The third kappa shape index (κ3) is 5.37. The molecule has 30 heavy (non-hydrogen) atoms. The molecule has 8 heteroatoms. The van der Waals surface area contributed by atoms with E-state index in [4.69, 9.17) is 14.6 Å². The van der Waals surface area contributed by atoms with Gasteiger partial charge >= 0.3 is 17.9 Å². The topological polar surface area (TPSA) is 110 Å². The van der Waals surface area contributed by atoms with Crippen LogP contribution < -0.4 is 4.90 Å². The SMILES string of the molecule is C[C@H](C[C@@H](C)C(=O)N1c2ccccc2C[C@H]1C(=O)OCOC(=O)C(C)(C)C)C(=O)O. The maximum absolute atomic E-state index is 13.1. The Morgan fingerprint density at radius 2 is 1.73 bits per heavy atom. The number of anilines is 1. The molecule has 3 atom stereocenters. The molecule has 0 saturated carbocycles. The molecule has 0 aliphatic carbocycles. The van der Waals surface area contributed by atoms with Crippen LogP contribution in [0, 0.1) is 17.3 Å². The molecule has 0 saturated heterocycles. The van der Waals surface area contributed by atoms with E-state index < -0.39 is 48.0 Å². The maximum Gasteiger partial charge on any atom is 0.332 e. The van der Waals surface area contributed by atoms with Gasteiger partial charge in [-0.1, -0.05) is 32.0 Å². The number of carbonyl (C=O) groups is 4. The fraction of sp³-hybridized carbons (Fsp3) is 0.545. The van der Waals surface area contributed by atoms with E-state index in [-0.39, 0.29) is 18.7 Å². The number of nitrogens with zero attached hydrogens (tertiary/aromatic N) is 1. The Kier molecular flexibility index (Phi) is 7.23. The van der Waals surface area contributed by atoms with E-state index in [2.05, 4.69) is 0 Å². The molecule has 2 rings (SSSR count). The van der Waals surface area contributed by atoms with Crippen LogP contribution >= 0.6 is 0 Å². The van der Waals surface area contributed by atoms with Crippen molar-refractivity contribution in [1.82, 2.24) is 0 Å². The minimum absolute atomic E-state index is 0.151. The molecule has 164 valence electrons. The van der Waals surface area contributed by atoms with Crippen molar-refractivity contribution in [2.24, 2.45) is 17.3 Å². The largest absolute Gasteiger partial charge is 0.481 e. The number of aliphatic carboxylic acids is 1. The monoisotopic (exact) mass is 419 g/mol. The number of fused-ring (bicyclic) bond motifs is 1.